The van der Waals surface area contributed by atoms with Crippen LogP contribution >= 0.6 is 0 Å². The number of ether oxygens (including phenoxy) is 1. The van der Waals surface area contributed by atoms with Crippen LogP contribution in [0, 0.1) is 5.41 Å². The van der Waals surface area contributed by atoms with E-state index >= 15 is 0 Å². The molecule has 3 aliphatic rings. The third-order valence-electron chi connectivity index (χ3n) is 4.51. The highest BCUT2D eigenvalue weighted by Crippen LogP contribution is 2.49. The second kappa shape index (κ2) is 3.44. The van der Waals surface area contributed by atoms with Gasteiger partial charge in [0.15, 0.2) is 0 Å². The molecule has 3 fully saturated rings. The molecule has 0 radical (unpaired) electrons. The molecular weight excluding hydrogens is 188 g/mol. The summed E-state index contributed by atoms with van der Waals surface area (Å²) in [6.07, 6.45) is 5.07. The molecule has 0 aromatic heterocycles. The van der Waals surface area contributed by atoms with Crippen molar-refractivity contribution in [2.45, 2.75) is 38.3 Å². The number of hydrogen-bond acceptors (Lipinski definition) is 3. The fraction of sp³-hybridized carbons (Fsp3) is 1.00. The van der Waals surface area contributed by atoms with Gasteiger partial charge in [0.25, 0.3) is 0 Å². The zero-order valence-corrected chi connectivity index (χ0v) is 9.72. The van der Waals surface area contributed by atoms with E-state index in [1.165, 1.54) is 39.0 Å². The first-order chi connectivity index (χ1) is 7.26. The van der Waals surface area contributed by atoms with Gasteiger partial charge in [0.2, 0.25) is 0 Å². The summed E-state index contributed by atoms with van der Waals surface area (Å²) in [6.45, 7) is 8.00. The summed E-state index contributed by atoms with van der Waals surface area (Å²) in [6, 6.07) is 0. The minimum absolute atomic E-state index is 0.0412. The van der Waals surface area contributed by atoms with E-state index in [9.17, 15) is 0 Å². The molecule has 2 saturated heterocycles. The van der Waals surface area contributed by atoms with Crippen molar-refractivity contribution in [1.29, 1.82) is 0 Å². The average Bonchev–Trinajstić information content (AvgIpc) is 3.05. The van der Waals surface area contributed by atoms with Gasteiger partial charge in [0.1, 0.15) is 5.72 Å². The van der Waals surface area contributed by atoms with Crippen LogP contribution in [-0.4, -0.2) is 43.4 Å². The molecule has 0 aromatic rings. The van der Waals surface area contributed by atoms with Gasteiger partial charge in [-0.1, -0.05) is 6.92 Å². The Morgan fingerprint density at radius 1 is 1.20 bits per heavy atom. The maximum absolute atomic E-state index is 6.14. The van der Waals surface area contributed by atoms with Gasteiger partial charge in [0, 0.05) is 37.9 Å². The van der Waals surface area contributed by atoms with Crippen molar-refractivity contribution in [2.75, 3.05) is 32.8 Å². The van der Waals surface area contributed by atoms with Gasteiger partial charge < -0.3 is 9.64 Å². The van der Waals surface area contributed by atoms with Crippen molar-refractivity contribution in [3.63, 3.8) is 0 Å². The number of piperidine rings is 1. The van der Waals surface area contributed by atoms with Gasteiger partial charge in [-0.3, -0.25) is 5.32 Å². The van der Waals surface area contributed by atoms with Crippen molar-refractivity contribution < 1.29 is 4.74 Å². The molecule has 0 atom stereocenters. The fourth-order valence-electron chi connectivity index (χ4n) is 2.79. The largest absolute Gasteiger partial charge is 0.360 e. The van der Waals surface area contributed by atoms with E-state index in [2.05, 4.69) is 17.1 Å². The first kappa shape index (κ1) is 10.1. The third-order valence-corrected chi connectivity index (χ3v) is 4.51. The summed E-state index contributed by atoms with van der Waals surface area (Å²) in [5, 5.41) is 3.68. The molecule has 0 aromatic carbocycles. The second-order valence-electron chi connectivity index (χ2n) is 5.57. The third kappa shape index (κ3) is 1.81. The van der Waals surface area contributed by atoms with Crippen molar-refractivity contribution in [2.24, 2.45) is 5.41 Å². The summed E-state index contributed by atoms with van der Waals surface area (Å²) >= 11 is 0. The highest BCUT2D eigenvalue weighted by molar-refractivity contribution is 5.01. The Labute approximate surface area is 92.2 Å². The maximum atomic E-state index is 6.14. The van der Waals surface area contributed by atoms with E-state index in [4.69, 9.17) is 4.74 Å². The maximum Gasteiger partial charge on any atom is 0.121 e. The summed E-state index contributed by atoms with van der Waals surface area (Å²) in [7, 11) is 0. The molecule has 1 saturated carbocycles. The standard InChI is InChI=1S/C12H22N2O/c1-2-14-7-5-12(6-8-14)13-9-11(3-4-11)10-15-12/h13H,2-10H2,1H3. The van der Waals surface area contributed by atoms with Crippen LogP contribution in [-0.2, 0) is 4.74 Å². The zero-order chi connectivity index (χ0) is 10.4. The van der Waals surface area contributed by atoms with Crippen LogP contribution in [0.3, 0.4) is 0 Å². The average molecular weight is 210 g/mol. The lowest BCUT2D eigenvalue weighted by Gasteiger charge is -2.46. The van der Waals surface area contributed by atoms with E-state index in [0.29, 0.717) is 5.41 Å². The van der Waals surface area contributed by atoms with E-state index in [0.717, 1.165) is 19.4 Å². The van der Waals surface area contributed by atoms with Crippen LogP contribution in [0.15, 0.2) is 0 Å². The number of likely N-dealkylation sites (tertiary alicyclic amines) is 1. The predicted molar refractivity (Wildman–Crippen MR) is 59.7 cm³/mol. The zero-order valence-electron chi connectivity index (χ0n) is 9.72. The Morgan fingerprint density at radius 3 is 2.40 bits per heavy atom. The predicted octanol–water partition coefficient (Wildman–Crippen LogP) is 1.20. The molecule has 1 N–H and O–H groups in total. The highest BCUT2D eigenvalue weighted by atomic mass is 16.5. The Hall–Kier alpha value is -0.120. The van der Waals surface area contributed by atoms with E-state index in [-0.39, 0.29) is 5.72 Å². The molecule has 86 valence electrons. The van der Waals surface area contributed by atoms with Gasteiger partial charge in [-0.15, -0.1) is 0 Å². The monoisotopic (exact) mass is 210 g/mol. The van der Waals surface area contributed by atoms with E-state index in [1.54, 1.807) is 0 Å². The molecule has 0 amide bonds. The minimum Gasteiger partial charge on any atom is -0.360 e. The van der Waals surface area contributed by atoms with Gasteiger partial charge in [-0.05, 0) is 19.4 Å². The Morgan fingerprint density at radius 2 is 1.93 bits per heavy atom. The quantitative estimate of drug-likeness (QED) is 0.704. The number of nitrogens with one attached hydrogen (secondary N) is 1. The molecule has 2 aliphatic heterocycles. The van der Waals surface area contributed by atoms with Crippen LogP contribution in [0.25, 0.3) is 0 Å². The topological polar surface area (TPSA) is 24.5 Å². The summed E-state index contributed by atoms with van der Waals surface area (Å²) in [5.41, 5.74) is 0.590. The molecule has 3 heteroatoms. The molecule has 2 spiro atoms. The molecule has 0 unspecified atom stereocenters. The van der Waals surface area contributed by atoms with Gasteiger partial charge in [-0.25, -0.2) is 0 Å². The molecule has 3 nitrogen and oxygen atoms in total. The molecule has 1 aliphatic carbocycles. The Balaban J connectivity index is 1.57. The van der Waals surface area contributed by atoms with E-state index in [1.807, 2.05) is 0 Å². The molecule has 0 bridgehead atoms. The van der Waals surface area contributed by atoms with Crippen LogP contribution < -0.4 is 5.32 Å². The molecular formula is C12H22N2O. The minimum atomic E-state index is 0.0412. The van der Waals surface area contributed by atoms with Crippen LogP contribution in [0.4, 0.5) is 0 Å². The van der Waals surface area contributed by atoms with E-state index < -0.39 is 0 Å². The van der Waals surface area contributed by atoms with Crippen LogP contribution in [0.1, 0.15) is 32.6 Å². The lowest BCUT2D eigenvalue weighted by Crippen LogP contribution is -2.60. The Kier molecular flexibility index (Phi) is 2.31. The van der Waals surface area contributed by atoms with Crippen molar-refractivity contribution >= 4 is 0 Å². The van der Waals surface area contributed by atoms with Gasteiger partial charge >= 0.3 is 0 Å². The first-order valence-electron chi connectivity index (χ1n) is 6.37. The van der Waals surface area contributed by atoms with Crippen LogP contribution in [0.5, 0.6) is 0 Å². The SMILES string of the molecule is CCN1CCC2(CC1)NCC1(CC1)CO2. The number of hydrogen-bond donors (Lipinski definition) is 1. The van der Waals surface area contributed by atoms with Crippen molar-refractivity contribution in [3.8, 4) is 0 Å². The van der Waals surface area contributed by atoms with Gasteiger partial charge in [-0.2, -0.15) is 0 Å². The molecule has 2 heterocycles. The molecule has 15 heavy (non-hydrogen) atoms. The number of rotatable bonds is 1. The van der Waals surface area contributed by atoms with Crippen molar-refractivity contribution in [1.82, 2.24) is 10.2 Å². The van der Waals surface area contributed by atoms with Crippen molar-refractivity contribution in [3.05, 3.63) is 0 Å². The van der Waals surface area contributed by atoms with Crippen LogP contribution in [0.2, 0.25) is 0 Å². The summed E-state index contributed by atoms with van der Waals surface area (Å²) in [5.74, 6) is 0. The lowest BCUT2D eigenvalue weighted by molar-refractivity contribution is -0.148. The lowest BCUT2D eigenvalue weighted by atomic mass is 9.95. The summed E-state index contributed by atoms with van der Waals surface area (Å²) < 4.78 is 6.14. The molecule has 3 rings (SSSR count). The highest BCUT2D eigenvalue weighted by Gasteiger charge is 2.50. The number of nitrogens with zero attached hydrogens (tertiary/aromatic N) is 1. The smallest absolute Gasteiger partial charge is 0.121 e. The summed E-state index contributed by atoms with van der Waals surface area (Å²) in [4.78, 5) is 2.51. The fourth-order valence-corrected chi connectivity index (χ4v) is 2.79. The normalized spacial score (nSPS) is 33.4. The second-order valence-corrected chi connectivity index (χ2v) is 5.57. The first-order valence-corrected chi connectivity index (χ1v) is 6.37. The van der Waals surface area contributed by atoms with Gasteiger partial charge in [0.05, 0.1) is 6.61 Å². The Bertz CT molecular complexity index is 230.